The predicted octanol–water partition coefficient (Wildman–Crippen LogP) is 3.94. The smallest absolute Gasteiger partial charge is 0.238 e. The molecule has 1 aromatic carbocycles. The van der Waals surface area contributed by atoms with Gasteiger partial charge in [-0.15, -0.1) is 0 Å². The van der Waals surface area contributed by atoms with Gasteiger partial charge in [-0.1, -0.05) is 36.8 Å². The second-order valence-electron chi connectivity index (χ2n) is 8.67. The topological polar surface area (TPSA) is 40.6 Å². The van der Waals surface area contributed by atoms with Crippen LogP contribution in [-0.2, 0) is 9.59 Å². The summed E-state index contributed by atoms with van der Waals surface area (Å²) in [4.78, 5) is 30.3. The molecule has 0 N–H and O–H groups in total. The molecule has 2 fully saturated rings. The monoisotopic (exact) mass is 356 g/mol. The number of amides is 2. The fraction of sp³-hybridized carbons (Fsp3) is 0.636. The molecule has 142 valence electrons. The number of carbonyl (C=O) groups is 2. The predicted molar refractivity (Wildman–Crippen MR) is 104 cm³/mol. The van der Waals surface area contributed by atoms with Gasteiger partial charge in [-0.3, -0.25) is 9.59 Å². The minimum Gasteiger partial charge on any atom is -0.342 e. The van der Waals surface area contributed by atoms with Gasteiger partial charge in [0.15, 0.2) is 0 Å². The number of nitrogens with zero attached hydrogens (tertiary/aromatic N) is 2. The third kappa shape index (κ3) is 3.65. The summed E-state index contributed by atoms with van der Waals surface area (Å²) in [5.41, 5.74) is 1.41. The number of aryl methyl sites for hydroxylation is 1. The molecule has 0 aliphatic carbocycles. The Kier molecular flexibility index (Phi) is 5.40. The van der Waals surface area contributed by atoms with Crippen molar-refractivity contribution in [2.24, 2.45) is 11.3 Å². The quantitative estimate of drug-likeness (QED) is 0.770. The van der Waals surface area contributed by atoms with E-state index >= 15 is 0 Å². The zero-order valence-electron chi connectivity index (χ0n) is 16.6. The molecular formula is C22H32N2O2. The Morgan fingerprint density at radius 3 is 2.19 bits per heavy atom. The van der Waals surface area contributed by atoms with E-state index in [0.29, 0.717) is 5.92 Å². The third-order valence-electron chi connectivity index (χ3n) is 6.12. The first-order chi connectivity index (χ1) is 12.3. The maximum Gasteiger partial charge on any atom is 0.238 e. The summed E-state index contributed by atoms with van der Waals surface area (Å²) in [5.74, 6) is 0.635. The molecule has 3 rings (SSSR count). The minimum absolute atomic E-state index is 0.0102. The van der Waals surface area contributed by atoms with Crippen molar-refractivity contribution in [2.45, 2.75) is 59.4 Å². The Bertz CT molecular complexity index is 657. The van der Waals surface area contributed by atoms with E-state index in [0.717, 1.165) is 45.3 Å². The average molecular weight is 357 g/mol. The molecule has 0 aromatic heterocycles. The molecule has 2 aliphatic rings. The molecule has 1 unspecified atom stereocenters. The fourth-order valence-electron chi connectivity index (χ4n) is 4.20. The highest BCUT2D eigenvalue weighted by molar-refractivity contribution is 6.04. The van der Waals surface area contributed by atoms with Crippen LogP contribution in [0.4, 0.5) is 0 Å². The lowest BCUT2D eigenvalue weighted by Crippen LogP contribution is -2.52. The van der Waals surface area contributed by atoms with Gasteiger partial charge in [-0.25, -0.2) is 0 Å². The molecule has 4 nitrogen and oxygen atoms in total. The van der Waals surface area contributed by atoms with Crippen molar-refractivity contribution in [1.82, 2.24) is 9.80 Å². The van der Waals surface area contributed by atoms with Gasteiger partial charge in [0.05, 0.1) is 6.04 Å². The Hall–Kier alpha value is -1.84. The van der Waals surface area contributed by atoms with Crippen LogP contribution < -0.4 is 0 Å². The highest BCUT2D eigenvalue weighted by atomic mass is 16.2. The van der Waals surface area contributed by atoms with E-state index in [1.54, 1.807) is 13.8 Å². The van der Waals surface area contributed by atoms with Crippen molar-refractivity contribution in [3.63, 3.8) is 0 Å². The van der Waals surface area contributed by atoms with Crippen LogP contribution in [0.3, 0.4) is 0 Å². The first-order valence-corrected chi connectivity index (χ1v) is 9.97. The Morgan fingerprint density at radius 2 is 1.58 bits per heavy atom. The zero-order chi connectivity index (χ0) is 18.9. The van der Waals surface area contributed by atoms with Crippen molar-refractivity contribution in [3.8, 4) is 0 Å². The van der Waals surface area contributed by atoms with Gasteiger partial charge in [-0.05, 0) is 57.9 Å². The van der Waals surface area contributed by atoms with E-state index in [4.69, 9.17) is 0 Å². The summed E-state index contributed by atoms with van der Waals surface area (Å²) < 4.78 is 0. The van der Waals surface area contributed by atoms with E-state index in [9.17, 15) is 9.59 Å². The molecule has 4 heteroatoms. The fourth-order valence-corrected chi connectivity index (χ4v) is 4.20. The second-order valence-corrected chi connectivity index (χ2v) is 8.67. The Balaban J connectivity index is 1.75. The maximum absolute atomic E-state index is 13.3. The highest BCUT2D eigenvalue weighted by Crippen LogP contribution is 2.36. The molecule has 2 amide bonds. The van der Waals surface area contributed by atoms with Crippen LogP contribution in [0, 0.1) is 18.3 Å². The normalized spacial score (nSPS) is 21.9. The molecule has 1 atom stereocenters. The van der Waals surface area contributed by atoms with Crippen molar-refractivity contribution < 1.29 is 9.59 Å². The lowest BCUT2D eigenvalue weighted by molar-refractivity contribution is -0.155. The van der Waals surface area contributed by atoms with Gasteiger partial charge in [-0.2, -0.15) is 0 Å². The molecule has 26 heavy (non-hydrogen) atoms. The standard InChI is InChI=1S/C22H32N2O2/c1-16-7-9-18(10-8-16)19-6-5-13-24(19)21(26)22(3,4)20(25)23-14-11-17(2)12-15-23/h7-10,17,19H,5-6,11-15H2,1-4H3. The Morgan fingerprint density at radius 1 is 0.962 bits per heavy atom. The number of piperidine rings is 1. The van der Waals surface area contributed by atoms with E-state index in [2.05, 4.69) is 38.1 Å². The number of hydrogen-bond donors (Lipinski definition) is 0. The van der Waals surface area contributed by atoms with Gasteiger partial charge in [0, 0.05) is 19.6 Å². The lowest BCUT2D eigenvalue weighted by Gasteiger charge is -2.38. The summed E-state index contributed by atoms with van der Waals surface area (Å²) in [5, 5.41) is 0. The Labute approximate surface area is 157 Å². The number of hydrogen-bond acceptors (Lipinski definition) is 2. The van der Waals surface area contributed by atoms with E-state index < -0.39 is 5.41 Å². The number of rotatable bonds is 3. The van der Waals surface area contributed by atoms with Crippen LogP contribution >= 0.6 is 0 Å². The summed E-state index contributed by atoms with van der Waals surface area (Å²) in [6, 6.07) is 8.53. The van der Waals surface area contributed by atoms with Crippen molar-refractivity contribution in [2.75, 3.05) is 19.6 Å². The zero-order valence-corrected chi connectivity index (χ0v) is 16.6. The van der Waals surface area contributed by atoms with E-state index in [-0.39, 0.29) is 17.9 Å². The van der Waals surface area contributed by atoms with Crippen LogP contribution in [0.25, 0.3) is 0 Å². The van der Waals surface area contributed by atoms with Gasteiger partial charge in [0.25, 0.3) is 0 Å². The molecule has 0 bridgehead atoms. The van der Waals surface area contributed by atoms with Crippen LogP contribution in [0.1, 0.15) is 63.6 Å². The first-order valence-electron chi connectivity index (χ1n) is 9.97. The maximum atomic E-state index is 13.3. The van der Waals surface area contributed by atoms with Crippen LogP contribution in [0.15, 0.2) is 24.3 Å². The largest absolute Gasteiger partial charge is 0.342 e. The summed E-state index contributed by atoms with van der Waals surface area (Å²) >= 11 is 0. The van der Waals surface area contributed by atoms with Gasteiger partial charge in [0.2, 0.25) is 11.8 Å². The number of carbonyl (C=O) groups excluding carboxylic acids is 2. The van der Waals surface area contributed by atoms with Crippen LogP contribution in [-0.4, -0.2) is 41.2 Å². The highest BCUT2D eigenvalue weighted by Gasteiger charge is 2.45. The van der Waals surface area contributed by atoms with Crippen LogP contribution in [0.5, 0.6) is 0 Å². The molecular weight excluding hydrogens is 324 g/mol. The summed E-state index contributed by atoms with van der Waals surface area (Å²) in [6.45, 7) is 10.2. The van der Waals surface area contributed by atoms with Gasteiger partial charge < -0.3 is 9.80 Å². The van der Waals surface area contributed by atoms with E-state index in [1.165, 1.54) is 11.1 Å². The average Bonchev–Trinajstić information content (AvgIpc) is 3.11. The molecule has 0 radical (unpaired) electrons. The first kappa shape index (κ1) is 18.9. The molecule has 2 heterocycles. The molecule has 2 saturated heterocycles. The number of benzene rings is 1. The SMILES string of the molecule is Cc1ccc(C2CCCN2C(=O)C(C)(C)C(=O)N2CCC(C)CC2)cc1. The molecule has 1 aromatic rings. The summed E-state index contributed by atoms with van der Waals surface area (Å²) in [6.07, 6.45) is 4.04. The lowest BCUT2D eigenvalue weighted by atomic mass is 9.87. The molecule has 2 aliphatic heterocycles. The third-order valence-corrected chi connectivity index (χ3v) is 6.12. The van der Waals surface area contributed by atoms with Crippen LogP contribution in [0.2, 0.25) is 0 Å². The van der Waals surface area contributed by atoms with Crippen molar-refractivity contribution >= 4 is 11.8 Å². The van der Waals surface area contributed by atoms with Gasteiger partial charge in [0.1, 0.15) is 5.41 Å². The van der Waals surface area contributed by atoms with Crippen molar-refractivity contribution in [3.05, 3.63) is 35.4 Å². The summed E-state index contributed by atoms with van der Waals surface area (Å²) in [7, 11) is 0. The van der Waals surface area contributed by atoms with Crippen molar-refractivity contribution in [1.29, 1.82) is 0 Å². The van der Waals surface area contributed by atoms with E-state index in [1.807, 2.05) is 9.80 Å². The van der Waals surface area contributed by atoms with Gasteiger partial charge >= 0.3 is 0 Å². The number of likely N-dealkylation sites (tertiary alicyclic amines) is 2. The molecule has 0 saturated carbocycles. The minimum atomic E-state index is -0.992. The second kappa shape index (κ2) is 7.42. The molecule has 0 spiro atoms.